The first-order chi connectivity index (χ1) is 11.5. The second-order valence-electron chi connectivity index (χ2n) is 4.87. The summed E-state index contributed by atoms with van der Waals surface area (Å²) in [4.78, 5) is 26.9. The van der Waals surface area contributed by atoms with Gasteiger partial charge >= 0.3 is 11.9 Å². The van der Waals surface area contributed by atoms with E-state index in [1.54, 1.807) is 0 Å². The monoisotopic (exact) mass is 494 g/mol. The number of esters is 2. The first-order valence-electron chi connectivity index (χ1n) is 7.05. The second-order valence-corrected chi connectivity index (χ2v) is 8.26. The van der Waals surface area contributed by atoms with Crippen LogP contribution in [0.2, 0.25) is 0 Å². The number of carbonyl (C=O) groups excluding carboxylic acids is 2. The molecule has 0 spiro atoms. The summed E-state index contributed by atoms with van der Waals surface area (Å²) in [5, 5.41) is 1.40. The van der Waals surface area contributed by atoms with Crippen molar-refractivity contribution in [2.24, 2.45) is 0 Å². The number of thiophene rings is 2. The van der Waals surface area contributed by atoms with E-state index in [0.717, 1.165) is 33.7 Å². The number of ether oxygens (including phenoxy) is 2. The van der Waals surface area contributed by atoms with Crippen molar-refractivity contribution < 1.29 is 19.1 Å². The van der Waals surface area contributed by atoms with Crippen molar-refractivity contribution in [3.63, 3.8) is 0 Å². The first kappa shape index (κ1) is 19.6. The fourth-order valence-electron chi connectivity index (χ4n) is 2.25. The molecule has 0 radical (unpaired) electrons. The van der Waals surface area contributed by atoms with Crippen molar-refractivity contribution in [3.8, 4) is 0 Å². The molecule has 4 nitrogen and oxygen atoms in total. The van der Waals surface area contributed by atoms with Crippen LogP contribution in [0.5, 0.6) is 0 Å². The van der Waals surface area contributed by atoms with Gasteiger partial charge in [0, 0.05) is 20.4 Å². The Labute approximate surface area is 165 Å². The van der Waals surface area contributed by atoms with E-state index in [4.69, 9.17) is 9.47 Å². The van der Waals surface area contributed by atoms with Crippen LogP contribution in [-0.2, 0) is 33.0 Å². The van der Waals surface area contributed by atoms with Crippen molar-refractivity contribution in [1.29, 1.82) is 0 Å². The summed E-state index contributed by atoms with van der Waals surface area (Å²) >= 11 is 9.84. The highest BCUT2D eigenvalue weighted by molar-refractivity contribution is 9.08. The molecule has 0 aliphatic heterocycles. The van der Waals surface area contributed by atoms with Gasteiger partial charge in [-0.3, -0.25) is 0 Å². The number of aryl methyl sites for hydroxylation is 2. The summed E-state index contributed by atoms with van der Waals surface area (Å²) < 4.78 is 9.58. The van der Waals surface area contributed by atoms with Gasteiger partial charge in [0.1, 0.15) is 9.75 Å². The fraction of sp³-hybridized carbons (Fsp3) is 0.375. The zero-order valence-corrected chi connectivity index (χ0v) is 18.0. The molecule has 2 aromatic rings. The number of alkyl halides is 2. The van der Waals surface area contributed by atoms with Gasteiger partial charge < -0.3 is 9.47 Å². The summed E-state index contributed by atoms with van der Waals surface area (Å²) in [5.41, 5.74) is 2.26. The van der Waals surface area contributed by atoms with Gasteiger partial charge in [-0.15, -0.1) is 22.7 Å². The molecule has 0 fully saturated rings. The van der Waals surface area contributed by atoms with E-state index in [1.165, 1.54) is 36.9 Å². The molecule has 24 heavy (non-hydrogen) atoms. The average Bonchev–Trinajstić information content (AvgIpc) is 3.21. The van der Waals surface area contributed by atoms with Crippen LogP contribution < -0.4 is 0 Å². The van der Waals surface area contributed by atoms with Crippen LogP contribution in [0.1, 0.15) is 40.2 Å². The lowest BCUT2D eigenvalue weighted by atomic mass is 10.1. The Balaban J connectivity index is 2.18. The first-order valence-corrected chi connectivity index (χ1v) is 10.9. The highest BCUT2D eigenvalue weighted by Gasteiger charge is 2.17. The molecule has 0 saturated carbocycles. The zero-order valence-electron chi connectivity index (χ0n) is 13.2. The molecule has 8 heteroatoms. The van der Waals surface area contributed by atoms with Gasteiger partial charge in [0.15, 0.2) is 0 Å². The van der Waals surface area contributed by atoms with E-state index in [-0.39, 0.29) is 11.9 Å². The maximum atomic E-state index is 11.7. The molecule has 2 aromatic heterocycles. The van der Waals surface area contributed by atoms with Gasteiger partial charge in [-0.2, -0.15) is 0 Å². The van der Waals surface area contributed by atoms with Crippen LogP contribution in [-0.4, -0.2) is 26.2 Å². The van der Waals surface area contributed by atoms with E-state index >= 15 is 0 Å². The fourth-order valence-corrected chi connectivity index (χ4v) is 5.62. The molecule has 0 aliphatic rings. The summed E-state index contributed by atoms with van der Waals surface area (Å²) in [6, 6.07) is 3.79. The molecule has 0 atom stereocenters. The summed E-state index contributed by atoms with van der Waals surface area (Å²) in [6.45, 7) is 0. The minimum Gasteiger partial charge on any atom is -0.465 e. The van der Waals surface area contributed by atoms with Crippen LogP contribution >= 0.6 is 54.5 Å². The Kier molecular flexibility index (Phi) is 7.46. The minimum atomic E-state index is -0.307. The molecule has 0 unspecified atom stereocenters. The van der Waals surface area contributed by atoms with Crippen LogP contribution in [0.25, 0.3) is 0 Å². The summed E-state index contributed by atoms with van der Waals surface area (Å²) in [7, 11) is 2.77. The lowest BCUT2D eigenvalue weighted by Gasteiger charge is -2.02. The van der Waals surface area contributed by atoms with E-state index < -0.39 is 0 Å². The maximum absolute atomic E-state index is 11.7. The van der Waals surface area contributed by atoms with Gasteiger partial charge in [-0.05, 0) is 36.1 Å². The lowest BCUT2D eigenvalue weighted by molar-refractivity contribution is 0.0597. The molecule has 0 saturated heterocycles. The third-order valence-electron chi connectivity index (χ3n) is 3.47. The van der Waals surface area contributed by atoms with E-state index in [9.17, 15) is 9.59 Å². The highest BCUT2D eigenvalue weighted by atomic mass is 79.9. The number of rotatable bonds is 7. The lowest BCUT2D eigenvalue weighted by Crippen LogP contribution is -1.98. The van der Waals surface area contributed by atoms with Gasteiger partial charge in [-0.1, -0.05) is 31.9 Å². The highest BCUT2D eigenvalue weighted by Crippen LogP contribution is 2.30. The summed E-state index contributed by atoms with van der Waals surface area (Å²) in [6.07, 6.45) is 1.59. The minimum absolute atomic E-state index is 0.307. The normalized spacial score (nSPS) is 10.7. The van der Waals surface area contributed by atoms with Crippen molar-refractivity contribution in [2.75, 3.05) is 14.2 Å². The Morgan fingerprint density at radius 3 is 1.54 bits per heavy atom. The molecule has 0 N–H and O–H groups in total. The van der Waals surface area contributed by atoms with Gasteiger partial charge in [-0.25, -0.2) is 9.59 Å². The molecule has 0 aliphatic carbocycles. The smallest absolute Gasteiger partial charge is 0.348 e. The van der Waals surface area contributed by atoms with E-state index in [2.05, 4.69) is 31.9 Å². The molecule has 130 valence electrons. The quantitative estimate of drug-likeness (QED) is 0.402. The van der Waals surface area contributed by atoms with Crippen LogP contribution in [0.3, 0.4) is 0 Å². The molecule has 0 bridgehead atoms. The third-order valence-corrected chi connectivity index (χ3v) is 7.65. The van der Waals surface area contributed by atoms with Gasteiger partial charge in [0.2, 0.25) is 0 Å². The number of carbonyl (C=O) groups is 2. The second kappa shape index (κ2) is 9.12. The topological polar surface area (TPSA) is 52.6 Å². The molecule has 2 heterocycles. The predicted octanol–water partition coefficient (Wildman–Crippen LogP) is 4.96. The molecule has 0 aromatic carbocycles. The standard InChI is InChI=1S/C16H16Br2O4S2/c1-21-15(19)11-5-9(13(7-17)23-11)3-4-10-6-12(16(20)22-2)24-14(10)8-18/h5-6H,3-4,7-8H2,1-2H3. The van der Waals surface area contributed by atoms with Crippen LogP contribution in [0.15, 0.2) is 12.1 Å². The molecular formula is C16H16Br2O4S2. The maximum Gasteiger partial charge on any atom is 0.348 e. The zero-order chi connectivity index (χ0) is 17.7. The Morgan fingerprint density at radius 2 is 1.25 bits per heavy atom. The number of hydrogen-bond acceptors (Lipinski definition) is 6. The van der Waals surface area contributed by atoms with Gasteiger partial charge in [0.05, 0.1) is 14.2 Å². The average molecular weight is 496 g/mol. The predicted molar refractivity (Wildman–Crippen MR) is 104 cm³/mol. The number of hydrogen-bond donors (Lipinski definition) is 0. The molecule has 2 rings (SSSR count). The van der Waals surface area contributed by atoms with E-state index in [0.29, 0.717) is 20.4 Å². The van der Waals surface area contributed by atoms with Crippen molar-refractivity contribution in [1.82, 2.24) is 0 Å². The van der Waals surface area contributed by atoms with Gasteiger partial charge in [0.25, 0.3) is 0 Å². The molecule has 0 amide bonds. The number of halogens is 2. The van der Waals surface area contributed by atoms with Crippen LogP contribution in [0, 0.1) is 0 Å². The Bertz CT molecular complexity index is 674. The van der Waals surface area contributed by atoms with Crippen molar-refractivity contribution >= 4 is 66.5 Å². The van der Waals surface area contributed by atoms with Crippen molar-refractivity contribution in [3.05, 3.63) is 42.8 Å². The third kappa shape index (κ3) is 4.47. The Morgan fingerprint density at radius 1 is 0.875 bits per heavy atom. The van der Waals surface area contributed by atoms with E-state index in [1.807, 2.05) is 12.1 Å². The Hall–Kier alpha value is -0.700. The summed E-state index contributed by atoms with van der Waals surface area (Å²) in [5.74, 6) is -0.615. The largest absolute Gasteiger partial charge is 0.465 e. The van der Waals surface area contributed by atoms with Crippen molar-refractivity contribution in [2.45, 2.75) is 23.5 Å². The van der Waals surface area contributed by atoms with Crippen LogP contribution in [0.4, 0.5) is 0 Å². The SMILES string of the molecule is COC(=O)c1cc(CCc2cc(C(=O)OC)sc2CBr)c(CBr)s1. The molecular weight excluding hydrogens is 480 g/mol. The number of methoxy groups -OCH3 is 2.